The van der Waals surface area contributed by atoms with Gasteiger partial charge in [-0.3, -0.25) is 18.7 Å². The fourth-order valence-electron chi connectivity index (χ4n) is 3.37. The molecule has 0 aliphatic heterocycles. The zero-order valence-electron chi connectivity index (χ0n) is 19.5. The second-order valence-corrected chi connectivity index (χ2v) is 12.5. The average molecular weight is 549 g/mol. The number of halogens is 2. The Morgan fingerprint density at radius 3 is 1.64 bits per heavy atom. The largest absolute Gasteiger partial charge is 0.480 e. The summed E-state index contributed by atoms with van der Waals surface area (Å²) in [5.74, 6) is -3.42. The van der Waals surface area contributed by atoms with Crippen molar-refractivity contribution in [2.24, 2.45) is 10.6 Å². The number of nitrogens with two attached hydrogens (primary N) is 1. The van der Waals surface area contributed by atoms with Crippen LogP contribution in [0.4, 0.5) is 8.78 Å². The molecule has 10 nitrogen and oxygen atoms in total. The van der Waals surface area contributed by atoms with Gasteiger partial charge in [-0.15, -0.1) is 0 Å². The standard InChI is InChI=1S/C22H26F2NO9PS/c1-20(2,3)34-35(30,31)22(23,24)16-8-4-14(5-9-16)12-21(18(26)27,19(28)29)13-15-6-10-17(11-7-15)36(25,32)33/h4-11H,12-13H2,1-3H3,(H,26,27)(H,28,29)(H,30,31)(H2,25,32,33). The highest BCUT2D eigenvalue weighted by Crippen LogP contribution is 2.64. The maximum atomic E-state index is 14.7. The first-order valence-corrected chi connectivity index (χ1v) is 13.4. The summed E-state index contributed by atoms with van der Waals surface area (Å²) in [5, 5.41) is 24.6. The third-order valence-electron chi connectivity index (χ3n) is 5.14. The van der Waals surface area contributed by atoms with E-state index in [1.807, 2.05) is 0 Å². The summed E-state index contributed by atoms with van der Waals surface area (Å²) in [4.78, 5) is 33.8. The molecule has 0 saturated heterocycles. The van der Waals surface area contributed by atoms with Crippen LogP contribution in [0.3, 0.4) is 0 Å². The van der Waals surface area contributed by atoms with E-state index < -0.39 is 64.6 Å². The van der Waals surface area contributed by atoms with Crippen molar-refractivity contribution in [1.82, 2.24) is 0 Å². The molecule has 1 atom stereocenters. The van der Waals surface area contributed by atoms with Gasteiger partial charge in [-0.1, -0.05) is 36.4 Å². The molecule has 0 spiro atoms. The summed E-state index contributed by atoms with van der Waals surface area (Å²) in [5.41, 5.74) is -8.73. The van der Waals surface area contributed by atoms with Crippen molar-refractivity contribution in [3.63, 3.8) is 0 Å². The second-order valence-electron chi connectivity index (χ2n) is 9.20. The Hall–Kier alpha value is -2.70. The third-order valence-corrected chi connectivity index (χ3v) is 7.83. The molecular formula is C22H26F2NO9PS. The van der Waals surface area contributed by atoms with E-state index >= 15 is 0 Å². The number of alkyl halides is 2. The van der Waals surface area contributed by atoms with Crippen molar-refractivity contribution in [3.05, 3.63) is 65.2 Å². The Morgan fingerprint density at radius 1 is 0.917 bits per heavy atom. The van der Waals surface area contributed by atoms with Gasteiger partial charge in [0, 0.05) is 5.56 Å². The average Bonchev–Trinajstić information content (AvgIpc) is 2.71. The molecule has 0 radical (unpaired) electrons. The van der Waals surface area contributed by atoms with E-state index in [2.05, 4.69) is 4.52 Å². The number of sulfonamides is 1. The van der Waals surface area contributed by atoms with Gasteiger partial charge < -0.3 is 15.1 Å². The van der Waals surface area contributed by atoms with Gasteiger partial charge in [0.2, 0.25) is 10.0 Å². The molecule has 2 aromatic rings. The lowest BCUT2D eigenvalue weighted by Gasteiger charge is -2.29. The highest BCUT2D eigenvalue weighted by molar-refractivity contribution is 7.89. The maximum absolute atomic E-state index is 14.7. The van der Waals surface area contributed by atoms with Crippen LogP contribution in [0.15, 0.2) is 53.4 Å². The lowest BCUT2D eigenvalue weighted by molar-refractivity contribution is -0.164. The molecule has 0 heterocycles. The fraction of sp³-hybridized carbons (Fsp3) is 0.364. The highest BCUT2D eigenvalue weighted by Gasteiger charge is 2.54. The zero-order chi connectivity index (χ0) is 27.7. The smallest absolute Gasteiger partial charge is 0.402 e. The van der Waals surface area contributed by atoms with Gasteiger partial charge in [-0.25, -0.2) is 13.6 Å². The zero-order valence-corrected chi connectivity index (χ0v) is 21.2. The summed E-state index contributed by atoms with van der Waals surface area (Å²) in [6.07, 6.45) is -1.19. The Bertz CT molecular complexity index is 1270. The third kappa shape index (κ3) is 6.54. The van der Waals surface area contributed by atoms with Crippen LogP contribution in [0.1, 0.15) is 37.5 Å². The van der Waals surface area contributed by atoms with Crippen molar-refractivity contribution < 1.29 is 51.0 Å². The van der Waals surface area contributed by atoms with Crippen molar-refractivity contribution in [2.75, 3.05) is 0 Å². The lowest BCUT2D eigenvalue weighted by Crippen LogP contribution is -2.43. The number of carbonyl (C=O) groups is 2. The molecule has 2 rings (SSSR count). The van der Waals surface area contributed by atoms with E-state index in [0.29, 0.717) is 0 Å². The molecule has 198 valence electrons. The minimum atomic E-state index is -5.46. The molecule has 0 fully saturated rings. The molecule has 14 heteroatoms. The normalized spacial score (nSPS) is 14.8. The van der Waals surface area contributed by atoms with Crippen LogP contribution in [0.2, 0.25) is 0 Å². The van der Waals surface area contributed by atoms with E-state index in [4.69, 9.17) is 5.14 Å². The van der Waals surface area contributed by atoms with Gasteiger partial charge in [0.1, 0.15) is 0 Å². The topological polar surface area (TPSA) is 181 Å². The first-order chi connectivity index (χ1) is 16.2. The number of carboxylic acid groups (broad SMARTS) is 2. The predicted octanol–water partition coefficient (Wildman–Crippen LogP) is 3.32. The van der Waals surface area contributed by atoms with Crippen LogP contribution in [-0.2, 0) is 47.2 Å². The van der Waals surface area contributed by atoms with Gasteiger partial charge in [-0.2, -0.15) is 8.78 Å². The predicted molar refractivity (Wildman–Crippen MR) is 124 cm³/mol. The maximum Gasteiger partial charge on any atom is 0.402 e. The van der Waals surface area contributed by atoms with Crippen molar-refractivity contribution >= 4 is 29.6 Å². The number of rotatable bonds is 10. The summed E-state index contributed by atoms with van der Waals surface area (Å²) in [6.45, 7) is 3.98. The van der Waals surface area contributed by atoms with Gasteiger partial charge >= 0.3 is 25.2 Å². The van der Waals surface area contributed by atoms with Crippen molar-refractivity contribution in [3.8, 4) is 0 Å². The van der Waals surface area contributed by atoms with E-state index in [-0.39, 0.29) is 16.0 Å². The Morgan fingerprint density at radius 2 is 1.31 bits per heavy atom. The van der Waals surface area contributed by atoms with Crippen LogP contribution in [0.5, 0.6) is 0 Å². The number of primary sulfonamides is 1. The van der Waals surface area contributed by atoms with E-state index in [9.17, 15) is 46.5 Å². The Kier molecular flexibility index (Phi) is 8.19. The number of benzene rings is 2. The molecule has 0 aliphatic rings. The van der Waals surface area contributed by atoms with Gasteiger partial charge in [0.25, 0.3) is 0 Å². The first kappa shape index (κ1) is 29.5. The molecule has 0 bridgehead atoms. The van der Waals surface area contributed by atoms with E-state index in [1.165, 1.54) is 32.9 Å². The minimum absolute atomic E-state index is 0.0463. The molecule has 0 amide bonds. The molecule has 0 aromatic heterocycles. The van der Waals surface area contributed by atoms with Crippen LogP contribution in [-0.4, -0.2) is 41.1 Å². The first-order valence-electron chi connectivity index (χ1n) is 10.3. The molecule has 1 unspecified atom stereocenters. The molecular weight excluding hydrogens is 523 g/mol. The Balaban J connectivity index is 2.40. The quantitative estimate of drug-likeness (QED) is 0.255. The molecule has 36 heavy (non-hydrogen) atoms. The van der Waals surface area contributed by atoms with E-state index in [1.54, 1.807) is 0 Å². The molecule has 5 N–H and O–H groups in total. The Labute approximate surface area is 206 Å². The highest BCUT2D eigenvalue weighted by atomic mass is 32.2. The van der Waals surface area contributed by atoms with Crippen molar-refractivity contribution in [1.29, 1.82) is 0 Å². The summed E-state index contributed by atoms with van der Waals surface area (Å²) < 4.78 is 69.1. The van der Waals surface area contributed by atoms with Crippen LogP contribution < -0.4 is 5.14 Å². The summed E-state index contributed by atoms with van der Waals surface area (Å²) in [6, 6.07) is 8.29. The van der Waals surface area contributed by atoms with Crippen LogP contribution in [0, 0.1) is 5.41 Å². The minimum Gasteiger partial charge on any atom is -0.480 e. The lowest BCUT2D eigenvalue weighted by atomic mass is 9.76. The summed E-state index contributed by atoms with van der Waals surface area (Å²) >= 11 is 0. The van der Waals surface area contributed by atoms with Gasteiger partial charge in [0.05, 0.1) is 10.5 Å². The number of hydrogen-bond donors (Lipinski definition) is 4. The van der Waals surface area contributed by atoms with Crippen LogP contribution in [0.25, 0.3) is 0 Å². The molecule has 0 saturated carbocycles. The molecule has 2 aromatic carbocycles. The second kappa shape index (κ2) is 9.98. The van der Waals surface area contributed by atoms with Gasteiger partial charge in [-0.05, 0) is 56.9 Å². The van der Waals surface area contributed by atoms with Crippen LogP contribution >= 0.6 is 7.60 Å². The van der Waals surface area contributed by atoms with Gasteiger partial charge in [0.15, 0.2) is 5.41 Å². The number of hydrogen-bond acceptors (Lipinski definition) is 6. The SMILES string of the molecule is CC(C)(C)OP(=O)(O)C(F)(F)c1ccc(CC(Cc2ccc(S(N)(=O)=O)cc2)(C(=O)O)C(=O)O)cc1. The fourth-order valence-corrected chi connectivity index (χ4v) is 5.21. The number of carboxylic acids is 2. The number of aliphatic carboxylic acids is 2. The monoisotopic (exact) mass is 549 g/mol. The van der Waals surface area contributed by atoms with Crippen molar-refractivity contribution in [2.45, 2.75) is 49.8 Å². The van der Waals surface area contributed by atoms with E-state index in [0.717, 1.165) is 36.4 Å². The molecule has 0 aliphatic carbocycles. The summed E-state index contributed by atoms with van der Waals surface area (Å²) in [7, 11) is -9.48.